The van der Waals surface area contributed by atoms with E-state index in [0.717, 1.165) is 17.8 Å². The smallest absolute Gasteiger partial charge is 0.267 e. The average Bonchev–Trinajstić information content (AvgIpc) is 2.54. The van der Waals surface area contributed by atoms with Gasteiger partial charge in [-0.15, -0.1) is 0 Å². The first-order valence-corrected chi connectivity index (χ1v) is 7.62. The number of aromatic nitrogens is 4. The van der Waals surface area contributed by atoms with Crippen LogP contribution in [-0.4, -0.2) is 18.6 Å². The molecule has 0 aliphatic heterocycles. The number of fused-ring (bicyclic) bond motifs is 1. The van der Waals surface area contributed by atoms with Gasteiger partial charge in [0.15, 0.2) is 5.65 Å². The standard InChI is InChI=1S/C16H14ClFN4O2/c1-8(2)12-13(9(3)4-5-19-12)21-14-11(6-10(18)7-20-14)15(23)22(17)16(21)24/h4-8H,1-3H3. The molecule has 8 heteroatoms. The second-order valence-electron chi connectivity index (χ2n) is 5.75. The van der Waals surface area contributed by atoms with E-state index >= 15 is 0 Å². The van der Waals surface area contributed by atoms with Crippen LogP contribution in [0, 0.1) is 12.7 Å². The molecular weight excluding hydrogens is 335 g/mol. The Kier molecular flexibility index (Phi) is 3.96. The molecule has 0 saturated carbocycles. The lowest BCUT2D eigenvalue weighted by molar-refractivity contribution is 0.623. The summed E-state index contributed by atoms with van der Waals surface area (Å²) in [6, 6.07) is 2.76. The largest absolute Gasteiger partial charge is 0.352 e. The normalized spacial score (nSPS) is 11.4. The first-order valence-electron chi connectivity index (χ1n) is 7.28. The van der Waals surface area contributed by atoms with Crippen molar-refractivity contribution >= 4 is 22.8 Å². The molecule has 0 bridgehead atoms. The van der Waals surface area contributed by atoms with E-state index in [1.54, 1.807) is 12.3 Å². The van der Waals surface area contributed by atoms with Crippen LogP contribution in [0.25, 0.3) is 16.7 Å². The Morgan fingerprint density at radius 1 is 1.25 bits per heavy atom. The summed E-state index contributed by atoms with van der Waals surface area (Å²) in [5.74, 6) is -0.675. The van der Waals surface area contributed by atoms with Gasteiger partial charge in [-0.1, -0.05) is 13.8 Å². The average molecular weight is 349 g/mol. The molecule has 0 fully saturated rings. The minimum atomic E-state index is -0.812. The molecule has 3 aromatic rings. The first-order chi connectivity index (χ1) is 11.3. The highest BCUT2D eigenvalue weighted by molar-refractivity contribution is 6.15. The topological polar surface area (TPSA) is 69.8 Å². The van der Waals surface area contributed by atoms with Crippen LogP contribution in [0.3, 0.4) is 0 Å². The summed E-state index contributed by atoms with van der Waals surface area (Å²) >= 11 is 5.85. The van der Waals surface area contributed by atoms with Gasteiger partial charge >= 0.3 is 5.69 Å². The maximum absolute atomic E-state index is 13.5. The van der Waals surface area contributed by atoms with Crippen molar-refractivity contribution in [1.82, 2.24) is 18.6 Å². The molecule has 0 spiro atoms. The third-order valence-corrected chi connectivity index (χ3v) is 4.04. The second kappa shape index (κ2) is 5.83. The predicted octanol–water partition coefficient (Wildman–Crippen LogP) is 2.52. The van der Waals surface area contributed by atoms with Crippen LogP contribution in [0.15, 0.2) is 34.1 Å². The van der Waals surface area contributed by atoms with Crippen LogP contribution in [0.2, 0.25) is 0 Å². The van der Waals surface area contributed by atoms with Crippen molar-refractivity contribution in [1.29, 1.82) is 0 Å². The van der Waals surface area contributed by atoms with E-state index in [1.165, 1.54) is 4.57 Å². The molecule has 0 N–H and O–H groups in total. The van der Waals surface area contributed by atoms with Crippen LogP contribution in [0.1, 0.15) is 31.0 Å². The monoisotopic (exact) mass is 348 g/mol. The summed E-state index contributed by atoms with van der Waals surface area (Å²) in [5.41, 5.74) is 0.370. The molecule has 0 amide bonds. The Morgan fingerprint density at radius 3 is 2.62 bits per heavy atom. The van der Waals surface area contributed by atoms with E-state index in [4.69, 9.17) is 11.8 Å². The lowest BCUT2D eigenvalue weighted by atomic mass is 10.0. The van der Waals surface area contributed by atoms with Gasteiger partial charge in [0, 0.05) is 18.0 Å². The van der Waals surface area contributed by atoms with Crippen molar-refractivity contribution in [2.75, 3.05) is 0 Å². The van der Waals surface area contributed by atoms with E-state index in [2.05, 4.69) is 9.97 Å². The predicted molar refractivity (Wildman–Crippen MR) is 89.4 cm³/mol. The van der Waals surface area contributed by atoms with Gasteiger partial charge in [0.25, 0.3) is 5.56 Å². The van der Waals surface area contributed by atoms with Crippen molar-refractivity contribution in [3.63, 3.8) is 0 Å². The molecular formula is C16H14ClFN4O2. The number of halogens is 2. The summed E-state index contributed by atoms with van der Waals surface area (Å²) in [5, 5.41) is -0.0810. The summed E-state index contributed by atoms with van der Waals surface area (Å²) < 4.78 is 15.2. The summed E-state index contributed by atoms with van der Waals surface area (Å²) in [4.78, 5) is 33.1. The Morgan fingerprint density at radius 2 is 1.96 bits per heavy atom. The number of hydrogen-bond donors (Lipinski definition) is 0. The maximum atomic E-state index is 13.5. The Bertz CT molecular complexity index is 1070. The number of pyridine rings is 2. The fourth-order valence-corrected chi connectivity index (χ4v) is 2.79. The molecule has 3 aromatic heterocycles. The van der Waals surface area contributed by atoms with E-state index in [-0.39, 0.29) is 17.0 Å². The lowest BCUT2D eigenvalue weighted by Gasteiger charge is -2.17. The van der Waals surface area contributed by atoms with Gasteiger partial charge in [0.2, 0.25) is 0 Å². The molecule has 0 atom stereocenters. The second-order valence-corrected chi connectivity index (χ2v) is 6.08. The molecule has 24 heavy (non-hydrogen) atoms. The molecule has 0 unspecified atom stereocenters. The van der Waals surface area contributed by atoms with Crippen molar-refractivity contribution < 1.29 is 4.39 Å². The third kappa shape index (κ3) is 2.41. The number of rotatable bonds is 2. The van der Waals surface area contributed by atoms with Crippen LogP contribution >= 0.6 is 11.8 Å². The summed E-state index contributed by atoms with van der Waals surface area (Å²) in [7, 11) is 0. The van der Waals surface area contributed by atoms with Gasteiger partial charge in [-0.05, 0) is 30.5 Å². The number of nitrogens with zero attached hydrogens (tertiary/aromatic N) is 4. The van der Waals surface area contributed by atoms with Gasteiger partial charge < -0.3 is 0 Å². The van der Waals surface area contributed by atoms with E-state index < -0.39 is 17.1 Å². The van der Waals surface area contributed by atoms with Gasteiger partial charge in [0.1, 0.15) is 5.82 Å². The summed E-state index contributed by atoms with van der Waals surface area (Å²) in [6.45, 7) is 5.68. The van der Waals surface area contributed by atoms with Crippen molar-refractivity contribution in [3.05, 3.63) is 62.4 Å². The zero-order valence-electron chi connectivity index (χ0n) is 13.2. The zero-order valence-corrected chi connectivity index (χ0v) is 14.0. The van der Waals surface area contributed by atoms with Crippen LogP contribution in [0.5, 0.6) is 0 Å². The first kappa shape index (κ1) is 16.3. The maximum Gasteiger partial charge on any atom is 0.352 e. The molecule has 0 aromatic carbocycles. The van der Waals surface area contributed by atoms with Gasteiger partial charge in [-0.2, -0.15) is 4.09 Å². The lowest BCUT2D eigenvalue weighted by Crippen LogP contribution is -2.36. The van der Waals surface area contributed by atoms with Gasteiger partial charge in [-0.25, -0.2) is 18.7 Å². The van der Waals surface area contributed by atoms with Crippen LogP contribution in [-0.2, 0) is 0 Å². The number of hydrogen-bond acceptors (Lipinski definition) is 4. The Hall–Kier alpha value is -2.54. The van der Waals surface area contributed by atoms with E-state index in [0.29, 0.717) is 15.5 Å². The van der Waals surface area contributed by atoms with Gasteiger partial charge in [0.05, 0.1) is 23.0 Å². The molecule has 0 aliphatic rings. The van der Waals surface area contributed by atoms with E-state index in [1.807, 2.05) is 20.8 Å². The highest BCUT2D eigenvalue weighted by Crippen LogP contribution is 2.24. The highest BCUT2D eigenvalue weighted by Gasteiger charge is 2.20. The zero-order chi connectivity index (χ0) is 17.6. The third-order valence-electron chi connectivity index (χ3n) is 3.74. The highest BCUT2D eigenvalue weighted by atomic mass is 35.5. The Labute approximate surface area is 141 Å². The molecule has 3 heterocycles. The summed E-state index contributed by atoms with van der Waals surface area (Å²) in [6.07, 6.45) is 2.60. The van der Waals surface area contributed by atoms with Crippen molar-refractivity contribution in [3.8, 4) is 5.69 Å². The quantitative estimate of drug-likeness (QED) is 0.713. The van der Waals surface area contributed by atoms with Crippen LogP contribution in [0.4, 0.5) is 4.39 Å². The molecule has 0 saturated heterocycles. The molecule has 0 aliphatic carbocycles. The van der Waals surface area contributed by atoms with Crippen LogP contribution < -0.4 is 11.2 Å². The Balaban J connectivity index is 2.58. The minimum Gasteiger partial charge on any atom is -0.267 e. The minimum absolute atomic E-state index is 0.0120. The fraction of sp³-hybridized carbons (Fsp3) is 0.250. The molecule has 3 rings (SSSR count). The SMILES string of the molecule is Cc1ccnc(C(C)C)c1-n1c(=O)n(Cl)c(=O)c2cc(F)cnc21. The fourth-order valence-electron chi connectivity index (χ4n) is 2.63. The van der Waals surface area contributed by atoms with Crippen molar-refractivity contribution in [2.24, 2.45) is 0 Å². The number of aryl methyl sites for hydroxylation is 1. The molecule has 0 radical (unpaired) electrons. The molecule has 124 valence electrons. The van der Waals surface area contributed by atoms with Crippen molar-refractivity contribution in [2.45, 2.75) is 26.7 Å². The van der Waals surface area contributed by atoms with E-state index in [9.17, 15) is 14.0 Å². The van der Waals surface area contributed by atoms with Gasteiger partial charge in [-0.3, -0.25) is 9.78 Å². The molecule has 6 nitrogen and oxygen atoms in total.